The Hall–Kier alpha value is -2.43. The standard InChI is InChI=1S/C20H14Cl2F3N3O3S/c1-31-13-4-2-3-10(16(13)22)17-11-7-9(21)5-6-12(11)28-18(14(32-17)8-15(29)30)26-27-19(28)20(23,24)25/h2-7,14,17H,8H2,1H3,(H,29,30)/t14-,17-/m1/s1. The van der Waals surface area contributed by atoms with Crippen LogP contribution in [0.2, 0.25) is 10.0 Å². The summed E-state index contributed by atoms with van der Waals surface area (Å²) in [5, 5.41) is 15.5. The van der Waals surface area contributed by atoms with Gasteiger partial charge in [0, 0.05) is 5.02 Å². The van der Waals surface area contributed by atoms with E-state index in [4.69, 9.17) is 27.9 Å². The molecule has 0 bridgehead atoms. The number of carbonyl (C=O) groups is 1. The first-order valence-electron chi connectivity index (χ1n) is 9.13. The number of ether oxygens (including phenoxy) is 1. The summed E-state index contributed by atoms with van der Waals surface area (Å²) in [6.07, 6.45) is -5.28. The van der Waals surface area contributed by atoms with Gasteiger partial charge in [0.15, 0.2) is 5.82 Å². The molecule has 0 saturated carbocycles. The Morgan fingerprint density at radius 1 is 1.22 bits per heavy atom. The van der Waals surface area contributed by atoms with Gasteiger partial charge in [-0.15, -0.1) is 22.0 Å². The molecule has 1 N–H and O–H groups in total. The number of carboxylic acid groups (broad SMARTS) is 1. The zero-order valence-corrected chi connectivity index (χ0v) is 18.6. The molecule has 1 aliphatic rings. The van der Waals surface area contributed by atoms with Crippen LogP contribution >= 0.6 is 35.0 Å². The summed E-state index contributed by atoms with van der Waals surface area (Å²) in [7, 11) is 1.44. The maximum Gasteiger partial charge on any atom is 0.452 e. The fourth-order valence-corrected chi connectivity index (χ4v) is 5.67. The fourth-order valence-electron chi connectivity index (χ4n) is 3.59. The quantitative estimate of drug-likeness (QED) is 0.473. The predicted molar refractivity (Wildman–Crippen MR) is 114 cm³/mol. The van der Waals surface area contributed by atoms with Gasteiger partial charge in [-0.3, -0.25) is 9.36 Å². The van der Waals surface area contributed by atoms with E-state index in [-0.39, 0.29) is 16.5 Å². The van der Waals surface area contributed by atoms with E-state index in [1.165, 1.54) is 25.3 Å². The lowest BCUT2D eigenvalue weighted by molar-refractivity contribution is -0.146. The van der Waals surface area contributed by atoms with Crippen LogP contribution < -0.4 is 4.74 Å². The summed E-state index contributed by atoms with van der Waals surface area (Å²) < 4.78 is 47.5. The monoisotopic (exact) mass is 503 g/mol. The predicted octanol–water partition coefficient (Wildman–Crippen LogP) is 5.95. The van der Waals surface area contributed by atoms with Gasteiger partial charge in [0.25, 0.3) is 0 Å². The second-order valence-corrected chi connectivity index (χ2v) is 9.01. The number of benzene rings is 2. The van der Waals surface area contributed by atoms with Gasteiger partial charge >= 0.3 is 12.1 Å². The summed E-state index contributed by atoms with van der Waals surface area (Å²) in [4.78, 5) is 11.6. The average Bonchev–Trinajstić information content (AvgIpc) is 3.12. The van der Waals surface area contributed by atoms with Gasteiger partial charge in [0.05, 0.1) is 34.7 Å². The lowest BCUT2D eigenvalue weighted by Gasteiger charge is -2.22. The number of rotatable bonds is 4. The molecule has 0 amide bonds. The molecule has 1 aliphatic heterocycles. The Bertz CT molecular complexity index is 1200. The average molecular weight is 504 g/mol. The van der Waals surface area contributed by atoms with Crippen LogP contribution in [0.15, 0.2) is 36.4 Å². The van der Waals surface area contributed by atoms with Crippen molar-refractivity contribution in [2.75, 3.05) is 7.11 Å². The Labute approximate surface area is 194 Å². The third-order valence-electron chi connectivity index (χ3n) is 4.90. The third-order valence-corrected chi connectivity index (χ3v) is 7.02. The van der Waals surface area contributed by atoms with Crippen LogP contribution in [0.4, 0.5) is 13.2 Å². The van der Waals surface area contributed by atoms with E-state index in [1.54, 1.807) is 18.2 Å². The third kappa shape index (κ3) is 4.02. The summed E-state index contributed by atoms with van der Waals surface area (Å²) in [5.41, 5.74) is 1.10. The molecule has 0 aliphatic carbocycles. The molecule has 6 nitrogen and oxygen atoms in total. The first-order valence-corrected chi connectivity index (χ1v) is 10.8. The molecule has 0 fully saturated rings. The van der Waals surface area contributed by atoms with E-state index in [0.717, 1.165) is 16.3 Å². The number of hydrogen-bond acceptors (Lipinski definition) is 5. The van der Waals surface area contributed by atoms with E-state index in [0.29, 0.717) is 21.9 Å². The molecule has 168 valence electrons. The minimum Gasteiger partial charge on any atom is -0.495 e. The van der Waals surface area contributed by atoms with Gasteiger partial charge in [-0.1, -0.05) is 35.3 Å². The van der Waals surface area contributed by atoms with Crippen LogP contribution in [0.5, 0.6) is 5.75 Å². The Kier molecular flexibility index (Phi) is 6.04. The zero-order chi connectivity index (χ0) is 23.2. The molecule has 32 heavy (non-hydrogen) atoms. The van der Waals surface area contributed by atoms with E-state index in [9.17, 15) is 23.1 Å². The number of fused-ring (bicyclic) bond motifs is 3. The lowest BCUT2D eigenvalue weighted by atomic mass is 10.0. The Balaban J connectivity index is 2.03. The van der Waals surface area contributed by atoms with Crippen molar-refractivity contribution in [3.63, 3.8) is 0 Å². The maximum atomic E-state index is 13.8. The molecule has 2 heterocycles. The van der Waals surface area contributed by atoms with Crippen molar-refractivity contribution in [3.8, 4) is 11.4 Å². The van der Waals surface area contributed by atoms with Crippen LogP contribution in [0.3, 0.4) is 0 Å². The first-order chi connectivity index (χ1) is 15.1. The summed E-state index contributed by atoms with van der Waals surface area (Å²) >= 11 is 13.9. The van der Waals surface area contributed by atoms with Crippen LogP contribution in [0.25, 0.3) is 5.69 Å². The molecule has 0 spiro atoms. The number of methoxy groups -OCH3 is 1. The first kappa shape index (κ1) is 22.8. The SMILES string of the molecule is COc1cccc([C@H]2S[C@H](CC(=O)O)c3nnc(C(F)(F)F)n3-c3ccc(Cl)cc32)c1Cl. The van der Waals surface area contributed by atoms with Gasteiger partial charge in [0.1, 0.15) is 5.75 Å². The Morgan fingerprint density at radius 3 is 2.62 bits per heavy atom. The van der Waals surface area contributed by atoms with Crippen LogP contribution in [-0.4, -0.2) is 33.0 Å². The Morgan fingerprint density at radius 2 is 1.97 bits per heavy atom. The van der Waals surface area contributed by atoms with E-state index >= 15 is 0 Å². The molecule has 0 radical (unpaired) electrons. The largest absolute Gasteiger partial charge is 0.495 e. The second-order valence-electron chi connectivity index (χ2n) is 6.88. The highest BCUT2D eigenvalue weighted by Gasteiger charge is 2.43. The molecular weight excluding hydrogens is 490 g/mol. The highest BCUT2D eigenvalue weighted by Crippen LogP contribution is 2.53. The second kappa shape index (κ2) is 8.49. The minimum atomic E-state index is -4.81. The summed E-state index contributed by atoms with van der Waals surface area (Å²) in [6, 6.07) is 9.49. The van der Waals surface area contributed by atoms with E-state index in [2.05, 4.69) is 10.2 Å². The summed E-state index contributed by atoms with van der Waals surface area (Å²) in [5.74, 6) is -2.17. The smallest absolute Gasteiger partial charge is 0.452 e. The number of alkyl halides is 3. The molecule has 4 rings (SSSR count). The molecule has 1 aromatic heterocycles. The minimum absolute atomic E-state index is 0.116. The number of thioether (sulfide) groups is 1. The van der Waals surface area contributed by atoms with E-state index < -0.39 is 34.9 Å². The number of nitrogens with zero attached hydrogens (tertiary/aromatic N) is 3. The number of aliphatic carboxylic acids is 1. The maximum absolute atomic E-state index is 13.8. The molecular formula is C20H14Cl2F3N3O3S. The van der Waals surface area contributed by atoms with Gasteiger partial charge in [-0.05, 0) is 35.4 Å². The van der Waals surface area contributed by atoms with Crippen LogP contribution in [0, 0.1) is 0 Å². The van der Waals surface area contributed by atoms with Gasteiger partial charge in [0.2, 0.25) is 5.82 Å². The number of halogens is 5. The number of hydrogen-bond donors (Lipinski definition) is 1. The van der Waals surface area contributed by atoms with Crippen molar-refractivity contribution in [2.45, 2.75) is 23.1 Å². The molecule has 2 atom stereocenters. The summed E-state index contributed by atoms with van der Waals surface area (Å²) in [6.45, 7) is 0. The lowest BCUT2D eigenvalue weighted by Crippen LogP contribution is -2.16. The van der Waals surface area contributed by atoms with Crippen molar-refractivity contribution >= 4 is 40.9 Å². The molecule has 12 heteroatoms. The molecule has 0 saturated heterocycles. The van der Waals surface area contributed by atoms with Gasteiger partial charge in [-0.2, -0.15) is 13.2 Å². The van der Waals surface area contributed by atoms with Crippen molar-refractivity contribution < 1.29 is 27.8 Å². The highest BCUT2D eigenvalue weighted by molar-refractivity contribution is 8.00. The van der Waals surface area contributed by atoms with Crippen molar-refractivity contribution in [1.29, 1.82) is 0 Å². The highest BCUT2D eigenvalue weighted by atomic mass is 35.5. The van der Waals surface area contributed by atoms with Crippen LogP contribution in [-0.2, 0) is 11.0 Å². The molecule has 3 aromatic rings. The number of carboxylic acids is 1. The topological polar surface area (TPSA) is 77.2 Å². The van der Waals surface area contributed by atoms with Crippen molar-refractivity contribution in [3.05, 3.63) is 69.2 Å². The molecule has 0 unspecified atom stereocenters. The molecule has 2 aromatic carbocycles. The fraction of sp³-hybridized carbons (Fsp3) is 0.250. The van der Waals surface area contributed by atoms with E-state index in [1.807, 2.05) is 0 Å². The van der Waals surface area contributed by atoms with Crippen molar-refractivity contribution in [2.24, 2.45) is 0 Å². The van der Waals surface area contributed by atoms with Gasteiger partial charge < -0.3 is 9.84 Å². The van der Waals surface area contributed by atoms with Crippen molar-refractivity contribution in [1.82, 2.24) is 14.8 Å². The number of aromatic nitrogens is 3. The zero-order valence-electron chi connectivity index (χ0n) is 16.2. The normalized spacial score (nSPS) is 17.9. The van der Waals surface area contributed by atoms with Gasteiger partial charge in [-0.25, -0.2) is 0 Å². The van der Waals surface area contributed by atoms with Crippen LogP contribution in [0.1, 0.15) is 39.7 Å².